The summed E-state index contributed by atoms with van der Waals surface area (Å²) in [5.41, 5.74) is 3.13. The molecule has 2 N–H and O–H groups in total. The van der Waals surface area contributed by atoms with Gasteiger partial charge in [0.2, 0.25) is 5.91 Å². The Hall–Kier alpha value is -4.63. The molecule has 0 aliphatic heterocycles. The lowest BCUT2D eigenvalue weighted by Gasteiger charge is -2.16. The number of benzene rings is 3. The zero-order valence-electron chi connectivity index (χ0n) is 20.8. The molecular weight excluding hydrogens is 488 g/mol. The number of anilines is 1. The van der Waals surface area contributed by atoms with Crippen LogP contribution in [-0.2, 0) is 11.3 Å². The third-order valence-corrected chi connectivity index (χ3v) is 6.52. The van der Waals surface area contributed by atoms with Crippen LogP contribution in [0.3, 0.4) is 0 Å². The monoisotopic (exact) mass is 513 g/mol. The van der Waals surface area contributed by atoms with E-state index in [1.165, 1.54) is 35.0 Å². The van der Waals surface area contributed by atoms with Crippen LogP contribution in [0.15, 0.2) is 90.0 Å². The van der Waals surface area contributed by atoms with Crippen LogP contribution in [0.1, 0.15) is 12.5 Å². The standard InChI is InChI=1S/C29H25F2N5O2/c1-18(32-2)28(37)34-27-29(38)36(26(16-33-27)19-6-8-21(30)9-7-19)17-20-4-3-5-25-24(20)14-15-35(25)23-12-10-22(31)11-13-23/h3-16,18,32H,17H2,1-2H3,(H,33,34,37). The van der Waals surface area contributed by atoms with E-state index in [0.29, 0.717) is 11.3 Å². The van der Waals surface area contributed by atoms with Gasteiger partial charge in [0.1, 0.15) is 11.6 Å². The van der Waals surface area contributed by atoms with Gasteiger partial charge >= 0.3 is 0 Å². The van der Waals surface area contributed by atoms with Crippen molar-refractivity contribution in [3.8, 4) is 16.9 Å². The predicted octanol–water partition coefficient (Wildman–Crippen LogP) is 4.73. The normalized spacial score (nSPS) is 12.0. The number of halogens is 2. The number of hydrogen-bond acceptors (Lipinski definition) is 4. The molecule has 0 aliphatic rings. The number of rotatable bonds is 7. The van der Waals surface area contributed by atoms with Gasteiger partial charge in [0.15, 0.2) is 5.82 Å². The summed E-state index contributed by atoms with van der Waals surface area (Å²) in [6, 6.07) is 19.2. The molecule has 5 rings (SSSR count). The molecule has 2 aromatic heterocycles. The molecule has 0 saturated carbocycles. The van der Waals surface area contributed by atoms with Crippen LogP contribution in [0.4, 0.5) is 14.6 Å². The molecule has 0 saturated heterocycles. The first-order valence-electron chi connectivity index (χ1n) is 12.0. The molecular formula is C29H25F2N5O2. The lowest BCUT2D eigenvalue weighted by molar-refractivity contribution is -0.117. The Kier molecular flexibility index (Phi) is 6.85. The Morgan fingerprint density at radius 1 is 0.974 bits per heavy atom. The Balaban J connectivity index is 1.61. The van der Waals surface area contributed by atoms with Gasteiger partial charge in [-0.15, -0.1) is 0 Å². The van der Waals surface area contributed by atoms with Gasteiger partial charge in [0, 0.05) is 22.8 Å². The van der Waals surface area contributed by atoms with Gasteiger partial charge in [-0.25, -0.2) is 13.8 Å². The predicted molar refractivity (Wildman–Crippen MR) is 143 cm³/mol. The average molecular weight is 514 g/mol. The molecule has 1 unspecified atom stereocenters. The first-order chi connectivity index (χ1) is 18.4. The number of carbonyl (C=O) groups excluding carboxylic acids is 1. The molecule has 192 valence electrons. The van der Waals surface area contributed by atoms with Crippen molar-refractivity contribution in [2.45, 2.75) is 19.5 Å². The Bertz CT molecular complexity index is 1670. The molecule has 3 aromatic carbocycles. The van der Waals surface area contributed by atoms with E-state index in [0.717, 1.165) is 22.2 Å². The molecule has 7 nitrogen and oxygen atoms in total. The van der Waals surface area contributed by atoms with Gasteiger partial charge in [-0.2, -0.15) is 0 Å². The first-order valence-corrected chi connectivity index (χ1v) is 12.0. The largest absolute Gasteiger partial charge is 0.317 e. The van der Waals surface area contributed by atoms with Crippen LogP contribution < -0.4 is 16.2 Å². The summed E-state index contributed by atoms with van der Waals surface area (Å²) in [5.74, 6) is -1.20. The zero-order chi connectivity index (χ0) is 26.8. The topological polar surface area (TPSA) is 81.0 Å². The third kappa shape index (κ3) is 4.83. The molecule has 2 heterocycles. The second kappa shape index (κ2) is 10.4. The maximum Gasteiger partial charge on any atom is 0.294 e. The van der Waals surface area contributed by atoms with E-state index in [-0.39, 0.29) is 18.2 Å². The molecule has 1 amide bonds. The van der Waals surface area contributed by atoms with Crippen molar-refractivity contribution in [1.82, 2.24) is 19.4 Å². The highest BCUT2D eigenvalue weighted by molar-refractivity contribution is 5.93. The van der Waals surface area contributed by atoms with Gasteiger partial charge in [-0.1, -0.05) is 12.1 Å². The van der Waals surface area contributed by atoms with E-state index in [9.17, 15) is 18.4 Å². The SMILES string of the molecule is CNC(C)C(=O)Nc1ncc(-c2ccc(F)cc2)n(Cc2cccc3c2ccn3-c2ccc(F)cc2)c1=O. The van der Waals surface area contributed by atoms with Gasteiger partial charge in [0.25, 0.3) is 5.56 Å². The summed E-state index contributed by atoms with van der Waals surface area (Å²) in [7, 11) is 1.65. The van der Waals surface area contributed by atoms with E-state index in [1.54, 1.807) is 38.2 Å². The van der Waals surface area contributed by atoms with Crippen molar-refractivity contribution < 1.29 is 13.6 Å². The summed E-state index contributed by atoms with van der Waals surface area (Å²) in [5, 5.41) is 6.34. The van der Waals surface area contributed by atoms with E-state index >= 15 is 0 Å². The van der Waals surface area contributed by atoms with Crippen LogP contribution in [-0.4, -0.2) is 33.1 Å². The minimum atomic E-state index is -0.526. The van der Waals surface area contributed by atoms with E-state index in [4.69, 9.17) is 0 Å². The summed E-state index contributed by atoms with van der Waals surface area (Å²) in [6.07, 6.45) is 3.39. The molecule has 0 spiro atoms. The van der Waals surface area contributed by atoms with Crippen LogP contribution in [0.5, 0.6) is 0 Å². The highest BCUT2D eigenvalue weighted by Crippen LogP contribution is 2.26. The number of nitrogens with zero attached hydrogens (tertiary/aromatic N) is 3. The Labute approximate surface area is 217 Å². The van der Waals surface area contributed by atoms with E-state index in [1.807, 2.05) is 35.0 Å². The Morgan fingerprint density at radius 3 is 2.34 bits per heavy atom. The second-order valence-electron chi connectivity index (χ2n) is 8.90. The average Bonchev–Trinajstić information content (AvgIpc) is 3.36. The first kappa shape index (κ1) is 25.0. The summed E-state index contributed by atoms with van der Waals surface area (Å²) in [6.45, 7) is 1.84. The fourth-order valence-electron chi connectivity index (χ4n) is 4.30. The van der Waals surface area contributed by atoms with Gasteiger partial charge in [0.05, 0.1) is 30.0 Å². The summed E-state index contributed by atoms with van der Waals surface area (Å²) < 4.78 is 30.6. The molecule has 0 aliphatic carbocycles. The van der Waals surface area contributed by atoms with Gasteiger partial charge in [-0.05, 0) is 80.2 Å². The number of likely N-dealkylation sites (N-methyl/N-ethyl adjacent to an activating group) is 1. The fourth-order valence-corrected chi connectivity index (χ4v) is 4.30. The van der Waals surface area contributed by atoms with Crippen molar-refractivity contribution in [3.05, 3.63) is 113 Å². The molecule has 9 heteroatoms. The molecule has 38 heavy (non-hydrogen) atoms. The highest BCUT2D eigenvalue weighted by atomic mass is 19.1. The number of nitrogens with one attached hydrogen (secondary N) is 2. The lowest BCUT2D eigenvalue weighted by atomic mass is 10.1. The van der Waals surface area contributed by atoms with Crippen LogP contribution in [0, 0.1) is 11.6 Å². The van der Waals surface area contributed by atoms with E-state index < -0.39 is 23.3 Å². The van der Waals surface area contributed by atoms with Crippen LogP contribution >= 0.6 is 0 Å². The van der Waals surface area contributed by atoms with Crippen molar-refractivity contribution in [2.24, 2.45) is 0 Å². The number of amides is 1. The molecule has 5 aromatic rings. The maximum atomic E-state index is 13.6. The molecule has 1 atom stereocenters. The quantitative estimate of drug-likeness (QED) is 0.330. The highest BCUT2D eigenvalue weighted by Gasteiger charge is 2.18. The van der Waals surface area contributed by atoms with E-state index in [2.05, 4.69) is 15.6 Å². The van der Waals surface area contributed by atoms with Gasteiger partial charge < -0.3 is 15.2 Å². The third-order valence-electron chi connectivity index (χ3n) is 6.52. The number of aromatic nitrogens is 3. The summed E-state index contributed by atoms with van der Waals surface area (Å²) >= 11 is 0. The van der Waals surface area contributed by atoms with Crippen molar-refractivity contribution >= 4 is 22.6 Å². The number of fused-ring (bicyclic) bond motifs is 1. The summed E-state index contributed by atoms with van der Waals surface area (Å²) in [4.78, 5) is 30.3. The number of hydrogen-bond donors (Lipinski definition) is 2. The minimum Gasteiger partial charge on any atom is -0.317 e. The lowest BCUT2D eigenvalue weighted by Crippen LogP contribution is -2.38. The van der Waals surface area contributed by atoms with Crippen molar-refractivity contribution in [1.29, 1.82) is 0 Å². The molecule has 0 fully saturated rings. The zero-order valence-corrected chi connectivity index (χ0v) is 20.8. The van der Waals surface area contributed by atoms with Crippen molar-refractivity contribution in [2.75, 3.05) is 12.4 Å². The second-order valence-corrected chi connectivity index (χ2v) is 8.90. The molecule has 0 radical (unpaired) electrons. The minimum absolute atomic E-state index is 0.0981. The van der Waals surface area contributed by atoms with Gasteiger partial charge in [-0.3, -0.25) is 14.2 Å². The fraction of sp³-hybridized carbons (Fsp3) is 0.138. The van der Waals surface area contributed by atoms with Crippen LogP contribution in [0.2, 0.25) is 0 Å². The molecule has 0 bridgehead atoms. The van der Waals surface area contributed by atoms with Crippen molar-refractivity contribution in [3.63, 3.8) is 0 Å². The van der Waals surface area contributed by atoms with Crippen LogP contribution in [0.25, 0.3) is 27.8 Å². The smallest absolute Gasteiger partial charge is 0.294 e. The number of carbonyl (C=O) groups is 1. The Morgan fingerprint density at radius 2 is 1.66 bits per heavy atom. The maximum absolute atomic E-state index is 13.6.